The summed E-state index contributed by atoms with van der Waals surface area (Å²) in [4.78, 5) is 43.9. The molecule has 0 aliphatic carbocycles. The highest BCUT2D eigenvalue weighted by atomic mass is 32.1. The lowest BCUT2D eigenvalue weighted by molar-refractivity contribution is 0.102. The van der Waals surface area contributed by atoms with Gasteiger partial charge in [0.1, 0.15) is 16.2 Å². The number of hydrogen-bond donors (Lipinski definition) is 2. The summed E-state index contributed by atoms with van der Waals surface area (Å²) in [5.41, 5.74) is 1.73. The smallest absolute Gasteiger partial charge is 0.436 e. The molecule has 198 valence electrons. The van der Waals surface area contributed by atoms with Gasteiger partial charge in [-0.3, -0.25) is 9.59 Å². The highest BCUT2D eigenvalue weighted by molar-refractivity contribution is 7.17. The largest absolute Gasteiger partial charge is 0.448 e. The fourth-order valence-corrected chi connectivity index (χ4v) is 5.06. The second-order valence-corrected chi connectivity index (χ2v) is 9.72. The number of thiophene rings is 1. The lowest BCUT2D eigenvalue weighted by atomic mass is 10.1. The Hall–Kier alpha value is -4.23. The van der Waals surface area contributed by atoms with E-state index < -0.39 is 17.9 Å². The number of hydrogen-bond acceptors (Lipinski definition) is 10. The molecule has 0 unspecified atom stereocenters. The SMILES string of the molecule is CCOC(=O)n1nc(NC(=O)c2ccc(N3CCN(C)CC3)cc2NC(=O)c2cnoc2C)c2ccsc21. The van der Waals surface area contributed by atoms with Crippen molar-refractivity contribution in [3.05, 3.63) is 52.7 Å². The number of nitrogens with one attached hydrogen (secondary N) is 2. The standard InChI is InChI=1S/C25H27N7O5S/c1-4-36-25(35)32-24-18(7-12-38-24)21(29-32)28-22(33)17-6-5-16(31-10-8-30(3)9-11-31)13-20(17)27-23(34)19-14-26-37-15(19)2/h5-7,12-14H,4,8-11H2,1-3H3,(H,27,34)(H,28,29,33). The van der Waals surface area contributed by atoms with Crippen LogP contribution in [0, 0.1) is 6.92 Å². The lowest BCUT2D eigenvalue weighted by Crippen LogP contribution is -2.44. The van der Waals surface area contributed by atoms with Gasteiger partial charge in [-0.1, -0.05) is 5.16 Å². The molecule has 1 saturated heterocycles. The van der Waals surface area contributed by atoms with E-state index in [-0.39, 0.29) is 23.6 Å². The number of aryl methyl sites for hydroxylation is 1. The number of anilines is 3. The number of aromatic nitrogens is 3. The zero-order chi connectivity index (χ0) is 26.8. The molecule has 0 atom stereocenters. The Kier molecular flexibility index (Phi) is 7.11. The summed E-state index contributed by atoms with van der Waals surface area (Å²) in [6.07, 6.45) is 0.707. The number of carbonyl (C=O) groups excluding carboxylic acids is 3. The van der Waals surface area contributed by atoms with Crippen LogP contribution in [0.4, 0.5) is 22.0 Å². The van der Waals surface area contributed by atoms with Gasteiger partial charge < -0.3 is 29.7 Å². The molecule has 13 heteroatoms. The van der Waals surface area contributed by atoms with Crippen molar-refractivity contribution in [3.63, 3.8) is 0 Å². The molecule has 0 spiro atoms. The van der Waals surface area contributed by atoms with Crippen molar-refractivity contribution >= 4 is 56.7 Å². The van der Waals surface area contributed by atoms with E-state index in [1.807, 2.05) is 6.07 Å². The lowest BCUT2D eigenvalue weighted by Gasteiger charge is -2.34. The van der Waals surface area contributed by atoms with Gasteiger partial charge in [0.15, 0.2) is 5.82 Å². The van der Waals surface area contributed by atoms with E-state index in [0.717, 1.165) is 36.5 Å². The maximum absolute atomic E-state index is 13.5. The Labute approximate surface area is 222 Å². The van der Waals surface area contributed by atoms with Crippen molar-refractivity contribution < 1.29 is 23.6 Å². The molecule has 4 heterocycles. The Bertz CT molecular complexity index is 1500. The summed E-state index contributed by atoms with van der Waals surface area (Å²) < 4.78 is 11.2. The zero-order valence-corrected chi connectivity index (χ0v) is 22.0. The molecule has 0 bridgehead atoms. The molecule has 1 aromatic carbocycles. The first kappa shape index (κ1) is 25.4. The summed E-state index contributed by atoms with van der Waals surface area (Å²) in [7, 11) is 2.07. The molecule has 38 heavy (non-hydrogen) atoms. The molecule has 2 amide bonds. The fourth-order valence-electron chi connectivity index (χ4n) is 4.22. The molecule has 2 N–H and O–H groups in total. The van der Waals surface area contributed by atoms with Crippen LogP contribution in [0.5, 0.6) is 0 Å². The van der Waals surface area contributed by atoms with Crippen LogP contribution < -0.4 is 15.5 Å². The van der Waals surface area contributed by atoms with E-state index >= 15 is 0 Å². The van der Waals surface area contributed by atoms with Crippen molar-refractivity contribution in [2.75, 3.05) is 55.4 Å². The van der Waals surface area contributed by atoms with E-state index in [1.54, 1.807) is 37.4 Å². The van der Waals surface area contributed by atoms with Gasteiger partial charge in [0.25, 0.3) is 11.8 Å². The molecule has 1 aliphatic rings. The van der Waals surface area contributed by atoms with Crippen LogP contribution in [0.1, 0.15) is 33.4 Å². The number of carbonyl (C=O) groups is 3. The third kappa shape index (κ3) is 4.97. The van der Waals surface area contributed by atoms with E-state index in [4.69, 9.17) is 9.26 Å². The summed E-state index contributed by atoms with van der Waals surface area (Å²) in [5, 5.41) is 16.0. The van der Waals surface area contributed by atoms with Gasteiger partial charge in [-0.25, -0.2) is 4.79 Å². The highest BCUT2D eigenvalue weighted by Crippen LogP contribution is 2.30. The van der Waals surface area contributed by atoms with Crippen LogP contribution in [0.15, 0.2) is 40.4 Å². The topological polar surface area (TPSA) is 135 Å². The van der Waals surface area contributed by atoms with Crippen molar-refractivity contribution in [1.82, 2.24) is 19.8 Å². The van der Waals surface area contributed by atoms with Gasteiger partial charge in [-0.15, -0.1) is 16.4 Å². The number of nitrogens with zero attached hydrogens (tertiary/aromatic N) is 5. The number of piperazine rings is 1. The molecule has 5 rings (SSSR count). The first-order valence-electron chi connectivity index (χ1n) is 12.1. The molecular weight excluding hydrogens is 510 g/mol. The summed E-state index contributed by atoms with van der Waals surface area (Å²) in [6.45, 7) is 7.00. The second-order valence-electron chi connectivity index (χ2n) is 8.82. The first-order valence-corrected chi connectivity index (χ1v) is 13.0. The average molecular weight is 538 g/mol. The number of benzene rings is 1. The molecule has 4 aromatic rings. The molecule has 12 nitrogen and oxygen atoms in total. The Balaban J connectivity index is 1.46. The van der Waals surface area contributed by atoms with Gasteiger partial charge in [-0.2, -0.15) is 4.68 Å². The number of fused-ring (bicyclic) bond motifs is 1. The number of amides is 2. The maximum atomic E-state index is 13.5. The second kappa shape index (κ2) is 10.6. The molecule has 1 aliphatic heterocycles. The number of rotatable bonds is 6. The summed E-state index contributed by atoms with van der Waals surface area (Å²) >= 11 is 1.31. The van der Waals surface area contributed by atoms with Gasteiger partial charge in [0.05, 0.1) is 29.4 Å². The van der Waals surface area contributed by atoms with Gasteiger partial charge >= 0.3 is 6.09 Å². The highest BCUT2D eigenvalue weighted by Gasteiger charge is 2.23. The minimum absolute atomic E-state index is 0.196. The van der Waals surface area contributed by atoms with Crippen LogP contribution in [-0.4, -0.2) is 77.6 Å². The number of ether oxygens (including phenoxy) is 1. The van der Waals surface area contributed by atoms with E-state index in [1.165, 1.54) is 17.5 Å². The minimum Gasteiger partial charge on any atom is -0.448 e. The van der Waals surface area contributed by atoms with Crippen LogP contribution in [0.3, 0.4) is 0 Å². The number of likely N-dealkylation sites (N-methyl/N-ethyl adjacent to an activating group) is 1. The summed E-state index contributed by atoms with van der Waals surface area (Å²) in [6, 6.07) is 7.09. The Morgan fingerprint density at radius 1 is 1.08 bits per heavy atom. The third-order valence-electron chi connectivity index (χ3n) is 6.32. The third-order valence-corrected chi connectivity index (χ3v) is 7.21. The van der Waals surface area contributed by atoms with Crippen LogP contribution in [0.25, 0.3) is 10.2 Å². The van der Waals surface area contributed by atoms with Crippen molar-refractivity contribution in [2.24, 2.45) is 0 Å². The van der Waals surface area contributed by atoms with Crippen molar-refractivity contribution in [1.29, 1.82) is 0 Å². The monoisotopic (exact) mass is 537 g/mol. The summed E-state index contributed by atoms with van der Waals surface area (Å²) in [5.74, 6) is -0.350. The normalized spacial score (nSPS) is 14.0. The quantitative estimate of drug-likeness (QED) is 0.378. The van der Waals surface area contributed by atoms with Gasteiger partial charge in [0.2, 0.25) is 0 Å². The Morgan fingerprint density at radius 2 is 1.84 bits per heavy atom. The molecular formula is C25H27N7O5S. The zero-order valence-electron chi connectivity index (χ0n) is 21.2. The molecule has 0 radical (unpaired) electrons. The fraction of sp³-hybridized carbons (Fsp3) is 0.320. The van der Waals surface area contributed by atoms with Crippen LogP contribution >= 0.6 is 11.3 Å². The van der Waals surface area contributed by atoms with Crippen LogP contribution in [-0.2, 0) is 4.74 Å². The van der Waals surface area contributed by atoms with Crippen molar-refractivity contribution in [2.45, 2.75) is 13.8 Å². The predicted molar refractivity (Wildman–Crippen MR) is 143 cm³/mol. The first-order chi connectivity index (χ1) is 18.4. The van der Waals surface area contributed by atoms with Gasteiger partial charge in [0, 0.05) is 31.9 Å². The van der Waals surface area contributed by atoms with E-state index in [9.17, 15) is 14.4 Å². The van der Waals surface area contributed by atoms with Crippen LogP contribution in [0.2, 0.25) is 0 Å². The van der Waals surface area contributed by atoms with Gasteiger partial charge in [-0.05, 0) is 50.5 Å². The predicted octanol–water partition coefficient (Wildman–Crippen LogP) is 3.66. The maximum Gasteiger partial charge on any atom is 0.436 e. The minimum atomic E-state index is -0.631. The Morgan fingerprint density at radius 3 is 2.55 bits per heavy atom. The van der Waals surface area contributed by atoms with Crippen molar-refractivity contribution in [3.8, 4) is 0 Å². The molecule has 1 fully saturated rings. The average Bonchev–Trinajstić information content (AvgIpc) is 3.62. The van der Waals surface area contributed by atoms with E-state index in [0.29, 0.717) is 21.7 Å². The van der Waals surface area contributed by atoms with E-state index in [2.05, 4.69) is 37.7 Å². The molecule has 3 aromatic heterocycles. The molecule has 0 saturated carbocycles.